The fraction of sp³-hybridized carbons (Fsp3) is 0.429. The number of aliphatic hydroxyl groups is 3. The predicted molar refractivity (Wildman–Crippen MR) is 101 cm³/mol. The van der Waals surface area contributed by atoms with Gasteiger partial charge in [0.2, 0.25) is 0 Å². The van der Waals surface area contributed by atoms with Crippen LogP contribution in [0.4, 0.5) is 0 Å². The molecule has 3 N–H and O–H groups in total. The van der Waals surface area contributed by atoms with Crippen molar-refractivity contribution in [1.29, 1.82) is 0 Å². The second-order valence-electron chi connectivity index (χ2n) is 5.99. The van der Waals surface area contributed by atoms with Crippen LogP contribution < -0.4 is 0 Å². The van der Waals surface area contributed by atoms with E-state index in [1.807, 2.05) is 48.5 Å². The van der Waals surface area contributed by atoms with E-state index in [0.717, 1.165) is 35.8 Å². The minimum Gasteiger partial charge on any atom is -0.400 e. The molecular weight excluding hydrogens is 332 g/mol. The molecule has 142 valence electrons. The lowest BCUT2D eigenvalue weighted by molar-refractivity contribution is -0.0438. The van der Waals surface area contributed by atoms with Crippen LogP contribution >= 0.6 is 0 Å². The van der Waals surface area contributed by atoms with Gasteiger partial charge in [-0.25, -0.2) is 0 Å². The van der Waals surface area contributed by atoms with E-state index in [0.29, 0.717) is 26.1 Å². The molecule has 1 aliphatic heterocycles. The molecule has 0 radical (unpaired) electrons. The molecule has 2 aromatic rings. The lowest BCUT2D eigenvalue weighted by Gasteiger charge is -2.21. The summed E-state index contributed by atoms with van der Waals surface area (Å²) in [4.78, 5) is 0. The van der Waals surface area contributed by atoms with Gasteiger partial charge in [0, 0.05) is 19.3 Å². The van der Waals surface area contributed by atoms with E-state index in [-0.39, 0.29) is 12.9 Å². The lowest BCUT2D eigenvalue weighted by atomic mass is 9.89. The Morgan fingerprint density at radius 3 is 2.31 bits per heavy atom. The Hall–Kier alpha value is -1.76. The van der Waals surface area contributed by atoms with E-state index in [4.69, 9.17) is 19.7 Å². The highest BCUT2D eigenvalue weighted by Gasteiger charge is 2.25. The zero-order valence-corrected chi connectivity index (χ0v) is 15.2. The van der Waals surface area contributed by atoms with Crippen molar-refractivity contribution in [2.45, 2.75) is 31.7 Å². The van der Waals surface area contributed by atoms with Gasteiger partial charge < -0.3 is 24.8 Å². The fourth-order valence-electron chi connectivity index (χ4n) is 3.14. The molecule has 1 aliphatic rings. The number of rotatable bonds is 7. The second-order valence-corrected chi connectivity index (χ2v) is 5.99. The summed E-state index contributed by atoms with van der Waals surface area (Å²) in [5, 5.41) is 26.6. The maximum Gasteiger partial charge on any atom is 0.184 e. The van der Waals surface area contributed by atoms with E-state index in [2.05, 4.69) is 0 Å². The van der Waals surface area contributed by atoms with Gasteiger partial charge in [-0.2, -0.15) is 0 Å². The van der Waals surface area contributed by atoms with Crippen LogP contribution in [0.5, 0.6) is 0 Å². The topological polar surface area (TPSA) is 79.2 Å². The molecule has 5 nitrogen and oxygen atoms in total. The highest BCUT2D eigenvalue weighted by atomic mass is 16.7. The SMILES string of the molecule is CO.OCCCCC(O)c1cccc(C2OCCO2)c1-c1ccccc1. The third kappa shape index (κ3) is 5.13. The predicted octanol–water partition coefficient (Wildman–Crippen LogP) is 3.20. The quantitative estimate of drug-likeness (QED) is 0.661. The Bertz CT molecular complexity index is 638. The standard InChI is InChI=1S/C20H24O4.CH4O/c21-12-5-4-11-18(22)16-9-6-10-17(20-23-13-14-24-20)19(16)15-7-2-1-3-8-15;1-2/h1-3,6-10,18,20-22H,4-5,11-14H2;2H,1H3. The van der Waals surface area contributed by atoms with Gasteiger partial charge in [-0.05, 0) is 36.0 Å². The summed E-state index contributed by atoms with van der Waals surface area (Å²) in [5.74, 6) is 0. The van der Waals surface area contributed by atoms with E-state index in [9.17, 15) is 5.11 Å². The molecule has 2 aromatic carbocycles. The minimum atomic E-state index is -0.576. The molecule has 26 heavy (non-hydrogen) atoms. The number of benzene rings is 2. The molecule has 0 bridgehead atoms. The van der Waals surface area contributed by atoms with Gasteiger partial charge in [-0.15, -0.1) is 0 Å². The Morgan fingerprint density at radius 1 is 0.962 bits per heavy atom. The summed E-state index contributed by atoms with van der Waals surface area (Å²) in [6.07, 6.45) is 1.15. The first kappa shape index (κ1) is 20.6. The Kier molecular flexibility index (Phi) is 8.74. The van der Waals surface area contributed by atoms with Crippen molar-refractivity contribution in [1.82, 2.24) is 0 Å². The van der Waals surface area contributed by atoms with E-state index >= 15 is 0 Å². The van der Waals surface area contributed by atoms with Crippen molar-refractivity contribution >= 4 is 0 Å². The summed E-state index contributed by atoms with van der Waals surface area (Å²) in [6, 6.07) is 15.9. The molecule has 1 heterocycles. The number of aliphatic hydroxyl groups excluding tert-OH is 3. The molecule has 1 fully saturated rings. The average molecular weight is 360 g/mol. The number of hydrogen-bond acceptors (Lipinski definition) is 5. The molecule has 1 atom stereocenters. The zero-order valence-electron chi connectivity index (χ0n) is 15.2. The normalized spacial score (nSPS) is 15.4. The Labute approximate surface area is 154 Å². The summed E-state index contributed by atoms with van der Waals surface area (Å²) in [5.41, 5.74) is 3.87. The fourth-order valence-corrected chi connectivity index (χ4v) is 3.14. The van der Waals surface area contributed by atoms with Crippen LogP contribution in [-0.4, -0.2) is 42.3 Å². The largest absolute Gasteiger partial charge is 0.400 e. The number of hydrogen-bond donors (Lipinski definition) is 3. The molecule has 0 saturated carbocycles. The molecule has 0 aliphatic carbocycles. The van der Waals surface area contributed by atoms with Gasteiger partial charge in [-0.1, -0.05) is 48.5 Å². The van der Waals surface area contributed by atoms with Gasteiger partial charge >= 0.3 is 0 Å². The summed E-state index contributed by atoms with van der Waals surface area (Å²) in [7, 11) is 1.00. The summed E-state index contributed by atoms with van der Waals surface area (Å²) in [6.45, 7) is 1.33. The van der Waals surface area contributed by atoms with Crippen LogP contribution in [0, 0.1) is 0 Å². The Balaban J connectivity index is 0.00000117. The van der Waals surface area contributed by atoms with Crippen LogP contribution in [0.15, 0.2) is 48.5 Å². The van der Waals surface area contributed by atoms with Crippen molar-refractivity contribution < 1.29 is 24.8 Å². The summed E-state index contributed by atoms with van der Waals surface area (Å²) < 4.78 is 11.4. The van der Waals surface area contributed by atoms with Gasteiger partial charge in [0.05, 0.1) is 19.3 Å². The van der Waals surface area contributed by atoms with Gasteiger partial charge in [0.1, 0.15) is 0 Å². The van der Waals surface area contributed by atoms with Crippen LogP contribution in [-0.2, 0) is 9.47 Å². The van der Waals surface area contributed by atoms with Crippen LogP contribution in [0.3, 0.4) is 0 Å². The smallest absolute Gasteiger partial charge is 0.184 e. The first-order valence-electron chi connectivity index (χ1n) is 8.96. The Morgan fingerprint density at radius 2 is 1.65 bits per heavy atom. The lowest BCUT2D eigenvalue weighted by Crippen LogP contribution is -2.07. The molecule has 0 spiro atoms. The van der Waals surface area contributed by atoms with Crippen molar-refractivity contribution in [3.8, 4) is 11.1 Å². The van der Waals surface area contributed by atoms with E-state index < -0.39 is 6.10 Å². The highest BCUT2D eigenvalue weighted by Crippen LogP contribution is 2.38. The van der Waals surface area contributed by atoms with Crippen molar-refractivity contribution in [3.05, 3.63) is 59.7 Å². The first-order valence-corrected chi connectivity index (χ1v) is 8.96. The second kappa shape index (κ2) is 11.1. The maximum absolute atomic E-state index is 10.7. The van der Waals surface area contributed by atoms with Crippen LogP contribution in [0.2, 0.25) is 0 Å². The maximum atomic E-state index is 10.7. The van der Waals surface area contributed by atoms with Gasteiger partial charge in [0.15, 0.2) is 6.29 Å². The van der Waals surface area contributed by atoms with Gasteiger partial charge in [-0.3, -0.25) is 0 Å². The van der Waals surface area contributed by atoms with E-state index in [1.54, 1.807) is 0 Å². The first-order chi connectivity index (χ1) is 12.8. The van der Waals surface area contributed by atoms with Crippen molar-refractivity contribution in [2.24, 2.45) is 0 Å². The van der Waals surface area contributed by atoms with Crippen molar-refractivity contribution in [2.75, 3.05) is 26.9 Å². The molecule has 0 aromatic heterocycles. The third-order valence-corrected chi connectivity index (χ3v) is 4.31. The molecule has 1 saturated heterocycles. The monoisotopic (exact) mass is 360 g/mol. The number of unbranched alkanes of at least 4 members (excludes halogenated alkanes) is 1. The minimum absolute atomic E-state index is 0.155. The van der Waals surface area contributed by atoms with Crippen molar-refractivity contribution in [3.63, 3.8) is 0 Å². The van der Waals surface area contributed by atoms with E-state index in [1.165, 1.54) is 0 Å². The molecule has 5 heteroatoms. The van der Waals surface area contributed by atoms with Crippen LogP contribution in [0.1, 0.15) is 42.8 Å². The number of ether oxygens (including phenoxy) is 2. The third-order valence-electron chi connectivity index (χ3n) is 4.31. The molecular formula is C21H28O5. The van der Waals surface area contributed by atoms with Crippen LogP contribution in [0.25, 0.3) is 11.1 Å². The highest BCUT2D eigenvalue weighted by molar-refractivity contribution is 5.72. The molecule has 3 rings (SSSR count). The molecule has 1 unspecified atom stereocenters. The zero-order chi connectivity index (χ0) is 18.8. The summed E-state index contributed by atoms with van der Waals surface area (Å²) >= 11 is 0. The van der Waals surface area contributed by atoms with Gasteiger partial charge in [0.25, 0.3) is 0 Å². The molecule has 0 amide bonds. The average Bonchev–Trinajstić information content (AvgIpc) is 3.24.